The molecule has 1 rings (SSSR count). The molecule has 0 N–H and O–H groups in total. The SMILES string of the molecule is CC(Cl)CN(C)c1cc(C(C)C)ncn1. The second-order valence-corrected chi connectivity index (χ2v) is 4.86. The van der Waals surface area contributed by atoms with E-state index in [1.54, 1.807) is 6.33 Å². The fourth-order valence-corrected chi connectivity index (χ4v) is 1.56. The molecule has 0 bridgehead atoms. The summed E-state index contributed by atoms with van der Waals surface area (Å²) >= 11 is 5.94. The minimum atomic E-state index is 0.118. The van der Waals surface area contributed by atoms with Crippen molar-refractivity contribution in [2.24, 2.45) is 0 Å². The maximum absolute atomic E-state index is 5.94. The van der Waals surface area contributed by atoms with Crippen LogP contribution in [0.3, 0.4) is 0 Å². The lowest BCUT2D eigenvalue weighted by molar-refractivity contribution is 0.795. The van der Waals surface area contributed by atoms with Crippen molar-refractivity contribution in [3.8, 4) is 0 Å². The molecule has 0 aromatic carbocycles. The van der Waals surface area contributed by atoms with Crippen LogP contribution in [-0.2, 0) is 0 Å². The van der Waals surface area contributed by atoms with E-state index in [1.807, 2.05) is 24.9 Å². The van der Waals surface area contributed by atoms with Crippen LogP contribution < -0.4 is 4.90 Å². The van der Waals surface area contributed by atoms with Crippen molar-refractivity contribution in [3.63, 3.8) is 0 Å². The van der Waals surface area contributed by atoms with Crippen LogP contribution in [0.4, 0.5) is 5.82 Å². The number of nitrogens with zero attached hydrogens (tertiary/aromatic N) is 3. The molecule has 15 heavy (non-hydrogen) atoms. The van der Waals surface area contributed by atoms with Crippen LogP contribution >= 0.6 is 11.6 Å². The molecule has 0 amide bonds. The molecule has 0 aliphatic rings. The van der Waals surface area contributed by atoms with Crippen LogP contribution in [0.2, 0.25) is 0 Å². The lowest BCUT2D eigenvalue weighted by Gasteiger charge is -2.20. The molecule has 3 nitrogen and oxygen atoms in total. The highest BCUT2D eigenvalue weighted by molar-refractivity contribution is 6.20. The van der Waals surface area contributed by atoms with E-state index in [9.17, 15) is 0 Å². The molecule has 0 aliphatic heterocycles. The van der Waals surface area contributed by atoms with Gasteiger partial charge in [-0.25, -0.2) is 9.97 Å². The van der Waals surface area contributed by atoms with Crippen molar-refractivity contribution in [3.05, 3.63) is 18.1 Å². The summed E-state index contributed by atoms with van der Waals surface area (Å²) in [5, 5.41) is 0.118. The number of rotatable bonds is 4. The van der Waals surface area contributed by atoms with Gasteiger partial charge in [-0.1, -0.05) is 13.8 Å². The molecule has 1 heterocycles. The largest absolute Gasteiger partial charge is 0.358 e. The lowest BCUT2D eigenvalue weighted by Crippen LogP contribution is -2.25. The lowest BCUT2D eigenvalue weighted by atomic mass is 10.1. The Morgan fingerprint density at radius 3 is 2.53 bits per heavy atom. The number of aromatic nitrogens is 2. The quantitative estimate of drug-likeness (QED) is 0.741. The molecule has 0 aliphatic carbocycles. The Hall–Kier alpha value is -0.830. The first-order valence-electron chi connectivity index (χ1n) is 5.18. The van der Waals surface area contributed by atoms with E-state index in [2.05, 4.69) is 23.8 Å². The standard InChI is InChI=1S/C11H18ClN3/c1-8(2)10-5-11(14-7-13-10)15(4)6-9(3)12/h5,7-9H,6H2,1-4H3. The summed E-state index contributed by atoms with van der Waals surface area (Å²) < 4.78 is 0. The van der Waals surface area contributed by atoms with Crippen molar-refractivity contribution in [1.82, 2.24) is 9.97 Å². The second-order valence-electron chi connectivity index (χ2n) is 4.12. The number of hydrogen-bond acceptors (Lipinski definition) is 3. The Kier molecular flexibility index (Phi) is 4.33. The average molecular weight is 228 g/mol. The highest BCUT2D eigenvalue weighted by Crippen LogP contribution is 2.16. The molecule has 1 aromatic rings. The van der Waals surface area contributed by atoms with Gasteiger partial charge in [0.1, 0.15) is 12.1 Å². The molecule has 84 valence electrons. The van der Waals surface area contributed by atoms with E-state index in [1.165, 1.54) is 0 Å². The molecule has 1 atom stereocenters. The van der Waals surface area contributed by atoms with Crippen LogP contribution in [-0.4, -0.2) is 28.9 Å². The average Bonchev–Trinajstić information content (AvgIpc) is 2.17. The van der Waals surface area contributed by atoms with Crippen molar-refractivity contribution in [1.29, 1.82) is 0 Å². The number of anilines is 1. The minimum absolute atomic E-state index is 0.118. The highest BCUT2D eigenvalue weighted by Gasteiger charge is 2.08. The summed E-state index contributed by atoms with van der Waals surface area (Å²) in [5.74, 6) is 1.36. The second kappa shape index (κ2) is 5.31. The zero-order valence-corrected chi connectivity index (χ0v) is 10.5. The molecule has 0 saturated carbocycles. The molecule has 0 fully saturated rings. The summed E-state index contributed by atoms with van der Waals surface area (Å²) in [5.41, 5.74) is 1.06. The molecular weight excluding hydrogens is 210 g/mol. The van der Waals surface area contributed by atoms with Crippen molar-refractivity contribution in [2.75, 3.05) is 18.5 Å². The first-order valence-corrected chi connectivity index (χ1v) is 5.61. The van der Waals surface area contributed by atoms with E-state index in [-0.39, 0.29) is 5.38 Å². The first kappa shape index (κ1) is 12.2. The van der Waals surface area contributed by atoms with E-state index >= 15 is 0 Å². The monoisotopic (exact) mass is 227 g/mol. The maximum atomic E-state index is 5.94. The van der Waals surface area contributed by atoms with Gasteiger partial charge in [-0.15, -0.1) is 11.6 Å². The predicted octanol–water partition coefficient (Wildman–Crippen LogP) is 2.66. The summed E-state index contributed by atoms with van der Waals surface area (Å²) in [6, 6.07) is 2.02. The van der Waals surface area contributed by atoms with Crippen LogP contribution in [0.25, 0.3) is 0 Å². The van der Waals surface area contributed by atoms with E-state index in [0.717, 1.165) is 18.1 Å². The number of hydrogen-bond donors (Lipinski definition) is 0. The fraction of sp³-hybridized carbons (Fsp3) is 0.636. The van der Waals surface area contributed by atoms with E-state index < -0.39 is 0 Å². The molecular formula is C11H18ClN3. The first-order chi connectivity index (χ1) is 7.00. The van der Waals surface area contributed by atoms with Gasteiger partial charge < -0.3 is 4.90 Å². The van der Waals surface area contributed by atoms with Crippen molar-refractivity contribution >= 4 is 17.4 Å². The number of halogens is 1. The van der Waals surface area contributed by atoms with Crippen LogP contribution in [0.5, 0.6) is 0 Å². The third kappa shape index (κ3) is 3.67. The molecule has 1 unspecified atom stereocenters. The smallest absolute Gasteiger partial charge is 0.131 e. The third-order valence-corrected chi connectivity index (χ3v) is 2.32. The summed E-state index contributed by atoms with van der Waals surface area (Å²) in [6.45, 7) is 7.01. The fourth-order valence-electron chi connectivity index (χ4n) is 1.36. The van der Waals surface area contributed by atoms with Gasteiger partial charge in [-0.2, -0.15) is 0 Å². The van der Waals surface area contributed by atoms with Crippen molar-refractivity contribution < 1.29 is 0 Å². The normalized spacial score (nSPS) is 12.9. The Morgan fingerprint density at radius 1 is 1.33 bits per heavy atom. The number of alkyl halides is 1. The molecule has 4 heteroatoms. The summed E-state index contributed by atoms with van der Waals surface area (Å²) in [4.78, 5) is 10.5. The van der Waals surface area contributed by atoms with Gasteiger partial charge in [0.05, 0.1) is 0 Å². The van der Waals surface area contributed by atoms with Gasteiger partial charge in [0.25, 0.3) is 0 Å². The molecule has 1 aromatic heterocycles. The predicted molar refractivity (Wildman–Crippen MR) is 64.7 cm³/mol. The van der Waals surface area contributed by atoms with Crippen LogP contribution in [0.15, 0.2) is 12.4 Å². The molecule has 0 spiro atoms. The summed E-state index contributed by atoms with van der Waals surface area (Å²) in [6.07, 6.45) is 1.61. The van der Waals surface area contributed by atoms with Gasteiger partial charge in [-0.3, -0.25) is 0 Å². The van der Waals surface area contributed by atoms with Gasteiger partial charge in [0.2, 0.25) is 0 Å². The topological polar surface area (TPSA) is 29.0 Å². The van der Waals surface area contributed by atoms with Crippen molar-refractivity contribution in [2.45, 2.75) is 32.1 Å². The van der Waals surface area contributed by atoms with Gasteiger partial charge in [0, 0.05) is 30.7 Å². The Balaban J connectivity index is 2.80. The van der Waals surface area contributed by atoms with Gasteiger partial charge in [0.15, 0.2) is 0 Å². The zero-order valence-electron chi connectivity index (χ0n) is 9.74. The molecule has 0 radical (unpaired) electrons. The van der Waals surface area contributed by atoms with Gasteiger partial charge >= 0.3 is 0 Å². The Morgan fingerprint density at radius 2 is 2.00 bits per heavy atom. The van der Waals surface area contributed by atoms with Crippen LogP contribution in [0, 0.1) is 0 Å². The Bertz CT molecular complexity index is 312. The molecule has 0 saturated heterocycles. The van der Waals surface area contributed by atoms with E-state index in [4.69, 9.17) is 11.6 Å². The summed E-state index contributed by atoms with van der Waals surface area (Å²) in [7, 11) is 1.99. The van der Waals surface area contributed by atoms with Gasteiger partial charge in [-0.05, 0) is 12.8 Å². The highest BCUT2D eigenvalue weighted by atomic mass is 35.5. The van der Waals surface area contributed by atoms with E-state index in [0.29, 0.717) is 5.92 Å². The zero-order chi connectivity index (χ0) is 11.4. The maximum Gasteiger partial charge on any atom is 0.131 e. The Labute approximate surface area is 96.5 Å². The third-order valence-electron chi connectivity index (χ3n) is 2.18. The minimum Gasteiger partial charge on any atom is -0.358 e. The van der Waals surface area contributed by atoms with Crippen LogP contribution in [0.1, 0.15) is 32.4 Å².